The summed E-state index contributed by atoms with van der Waals surface area (Å²) in [6.45, 7) is 1.92. The van der Waals surface area contributed by atoms with Gasteiger partial charge in [-0.05, 0) is 30.7 Å². The molecule has 1 heterocycles. The zero-order valence-electron chi connectivity index (χ0n) is 8.18. The van der Waals surface area contributed by atoms with Gasteiger partial charge in [0.05, 0.1) is 5.69 Å². The van der Waals surface area contributed by atoms with Crippen molar-refractivity contribution in [2.24, 2.45) is 0 Å². The van der Waals surface area contributed by atoms with Gasteiger partial charge in [-0.1, -0.05) is 0 Å². The van der Waals surface area contributed by atoms with Crippen LogP contribution in [0, 0.1) is 18.3 Å². The molecule has 5 heteroatoms. The lowest BCUT2D eigenvalue weighted by Gasteiger charge is -2.03. The van der Waals surface area contributed by atoms with Crippen molar-refractivity contribution in [3.05, 3.63) is 35.9 Å². The summed E-state index contributed by atoms with van der Waals surface area (Å²) in [4.78, 5) is 3.82. The summed E-state index contributed by atoms with van der Waals surface area (Å²) in [5.41, 5.74) is 8.25. The molecule has 0 saturated heterocycles. The van der Waals surface area contributed by atoms with Crippen molar-refractivity contribution in [3.8, 4) is 11.8 Å². The molecule has 0 bridgehead atoms. The number of nitrogens with two attached hydrogens (primary N) is 1. The van der Waals surface area contributed by atoms with Crippen LogP contribution >= 0.6 is 0 Å². The van der Waals surface area contributed by atoms with Gasteiger partial charge < -0.3 is 5.73 Å². The molecule has 0 spiro atoms. The Balaban J connectivity index is 2.46. The molecule has 15 heavy (non-hydrogen) atoms. The monoisotopic (exact) mass is 199 g/mol. The number of nitrogen functional groups attached to an aromatic ring is 1. The van der Waals surface area contributed by atoms with Crippen molar-refractivity contribution in [1.29, 1.82) is 5.26 Å². The molecular formula is C10H9N5. The molecule has 1 aromatic carbocycles. The van der Waals surface area contributed by atoms with Crippen LogP contribution in [0.3, 0.4) is 0 Å². The number of rotatable bonds is 1. The maximum atomic E-state index is 8.59. The number of benzene rings is 1. The van der Waals surface area contributed by atoms with Crippen LogP contribution in [-0.2, 0) is 0 Å². The second kappa shape index (κ2) is 3.42. The first-order chi connectivity index (χ1) is 7.20. The first kappa shape index (κ1) is 9.21. The fourth-order valence-corrected chi connectivity index (χ4v) is 1.24. The van der Waals surface area contributed by atoms with Crippen LogP contribution in [0.5, 0.6) is 0 Å². The highest BCUT2D eigenvalue weighted by molar-refractivity contribution is 5.51. The third kappa shape index (κ3) is 1.65. The van der Waals surface area contributed by atoms with E-state index in [9.17, 15) is 0 Å². The van der Waals surface area contributed by atoms with Crippen LogP contribution in [0.4, 0.5) is 5.69 Å². The summed E-state index contributed by atoms with van der Waals surface area (Å²) >= 11 is 0. The quantitative estimate of drug-likeness (QED) is 0.695. The summed E-state index contributed by atoms with van der Waals surface area (Å²) in [6.07, 6.45) is 1.50. The Morgan fingerprint density at radius 2 is 2.27 bits per heavy atom. The second-order valence-corrected chi connectivity index (χ2v) is 3.17. The van der Waals surface area contributed by atoms with E-state index in [2.05, 4.69) is 10.1 Å². The Labute approximate surface area is 86.8 Å². The molecule has 5 nitrogen and oxygen atoms in total. The highest BCUT2D eigenvalue weighted by Gasteiger charge is 2.02. The first-order valence-electron chi connectivity index (χ1n) is 4.39. The molecule has 1 aromatic heterocycles. The average Bonchev–Trinajstić information content (AvgIpc) is 2.70. The molecule has 0 amide bonds. The summed E-state index contributed by atoms with van der Waals surface area (Å²) in [5, 5.41) is 12.6. The van der Waals surface area contributed by atoms with Gasteiger partial charge in [-0.2, -0.15) is 5.26 Å². The van der Waals surface area contributed by atoms with E-state index in [0.717, 1.165) is 16.9 Å². The number of hydrogen-bond donors (Lipinski definition) is 1. The minimum absolute atomic E-state index is 0.157. The minimum Gasteiger partial charge on any atom is -0.399 e. The SMILES string of the molecule is Cc1cc(-n2cnc(C#N)n2)ccc1N. The molecule has 0 aliphatic rings. The lowest BCUT2D eigenvalue weighted by Crippen LogP contribution is -1.97. The van der Waals surface area contributed by atoms with E-state index in [-0.39, 0.29) is 5.82 Å². The number of aromatic nitrogens is 3. The maximum Gasteiger partial charge on any atom is 0.252 e. The normalized spacial score (nSPS) is 9.87. The van der Waals surface area contributed by atoms with Gasteiger partial charge in [0.2, 0.25) is 0 Å². The van der Waals surface area contributed by atoms with Crippen LogP contribution in [-0.4, -0.2) is 14.8 Å². The Morgan fingerprint density at radius 3 is 2.87 bits per heavy atom. The molecule has 0 aliphatic carbocycles. The van der Waals surface area contributed by atoms with Gasteiger partial charge in [0.25, 0.3) is 5.82 Å². The van der Waals surface area contributed by atoms with Gasteiger partial charge >= 0.3 is 0 Å². The predicted octanol–water partition coefficient (Wildman–Crippen LogP) is 1.03. The van der Waals surface area contributed by atoms with Crippen molar-refractivity contribution in [2.45, 2.75) is 6.92 Å². The molecule has 0 saturated carbocycles. The Hall–Kier alpha value is -2.35. The van der Waals surface area contributed by atoms with Crippen LogP contribution in [0.2, 0.25) is 0 Å². The van der Waals surface area contributed by atoms with E-state index < -0.39 is 0 Å². The van der Waals surface area contributed by atoms with E-state index in [1.165, 1.54) is 6.33 Å². The highest BCUT2D eigenvalue weighted by atomic mass is 15.3. The van der Waals surface area contributed by atoms with Crippen molar-refractivity contribution in [3.63, 3.8) is 0 Å². The number of nitriles is 1. The molecule has 0 radical (unpaired) electrons. The zero-order chi connectivity index (χ0) is 10.8. The smallest absolute Gasteiger partial charge is 0.252 e. The van der Waals surface area contributed by atoms with Gasteiger partial charge in [0.1, 0.15) is 12.4 Å². The topological polar surface area (TPSA) is 80.5 Å². The molecule has 0 fully saturated rings. The van der Waals surface area contributed by atoms with Gasteiger partial charge in [-0.25, -0.2) is 9.67 Å². The zero-order valence-corrected chi connectivity index (χ0v) is 8.18. The largest absolute Gasteiger partial charge is 0.399 e. The van der Waals surface area contributed by atoms with Crippen molar-refractivity contribution < 1.29 is 0 Å². The van der Waals surface area contributed by atoms with Crippen molar-refractivity contribution in [1.82, 2.24) is 14.8 Å². The summed E-state index contributed by atoms with van der Waals surface area (Å²) in [6, 6.07) is 7.40. The Kier molecular flexibility index (Phi) is 2.10. The molecule has 0 atom stereocenters. The number of anilines is 1. The lowest BCUT2D eigenvalue weighted by molar-refractivity contribution is 0.871. The molecule has 2 rings (SSSR count). The van der Waals surface area contributed by atoms with Gasteiger partial charge in [-0.3, -0.25) is 0 Å². The van der Waals surface area contributed by atoms with Gasteiger partial charge in [0, 0.05) is 5.69 Å². The standard InChI is InChI=1S/C10H9N5/c1-7-4-8(2-3-9(7)12)15-6-13-10(5-11)14-15/h2-4,6H,12H2,1H3. The summed E-state index contributed by atoms with van der Waals surface area (Å²) in [5.74, 6) is 0.157. The lowest BCUT2D eigenvalue weighted by atomic mass is 10.2. The summed E-state index contributed by atoms with van der Waals surface area (Å²) < 4.78 is 1.55. The maximum absolute atomic E-state index is 8.59. The Morgan fingerprint density at radius 1 is 1.47 bits per heavy atom. The van der Waals surface area contributed by atoms with E-state index in [1.54, 1.807) is 10.7 Å². The van der Waals surface area contributed by atoms with E-state index >= 15 is 0 Å². The Bertz CT molecular complexity index is 535. The van der Waals surface area contributed by atoms with E-state index in [0.29, 0.717) is 0 Å². The van der Waals surface area contributed by atoms with Gasteiger partial charge in [0.15, 0.2) is 0 Å². The third-order valence-corrected chi connectivity index (χ3v) is 2.11. The summed E-state index contributed by atoms with van der Waals surface area (Å²) in [7, 11) is 0. The predicted molar refractivity (Wildman–Crippen MR) is 55.2 cm³/mol. The third-order valence-electron chi connectivity index (χ3n) is 2.11. The highest BCUT2D eigenvalue weighted by Crippen LogP contribution is 2.15. The molecule has 74 valence electrons. The van der Waals surface area contributed by atoms with E-state index in [1.807, 2.05) is 25.1 Å². The second-order valence-electron chi connectivity index (χ2n) is 3.17. The van der Waals surface area contributed by atoms with Crippen LogP contribution in [0.25, 0.3) is 5.69 Å². The number of nitrogens with zero attached hydrogens (tertiary/aromatic N) is 4. The minimum atomic E-state index is 0.157. The number of aryl methyl sites for hydroxylation is 1. The molecule has 2 N–H and O–H groups in total. The fraction of sp³-hybridized carbons (Fsp3) is 0.100. The average molecular weight is 199 g/mol. The van der Waals surface area contributed by atoms with Crippen LogP contribution < -0.4 is 5.73 Å². The first-order valence-corrected chi connectivity index (χ1v) is 4.39. The van der Waals surface area contributed by atoms with Crippen molar-refractivity contribution >= 4 is 5.69 Å². The molecule has 0 aliphatic heterocycles. The van der Waals surface area contributed by atoms with Crippen LogP contribution in [0.15, 0.2) is 24.5 Å². The molecular weight excluding hydrogens is 190 g/mol. The number of hydrogen-bond acceptors (Lipinski definition) is 4. The van der Waals surface area contributed by atoms with E-state index in [4.69, 9.17) is 11.0 Å². The molecule has 0 unspecified atom stereocenters. The molecule has 2 aromatic rings. The van der Waals surface area contributed by atoms with Crippen molar-refractivity contribution in [2.75, 3.05) is 5.73 Å². The fourth-order valence-electron chi connectivity index (χ4n) is 1.24. The van der Waals surface area contributed by atoms with Crippen LogP contribution in [0.1, 0.15) is 11.4 Å². The van der Waals surface area contributed by atoms with Gasteiger partial charge in [-0.15, -0.1) is 5.10 Å².